The molecule has 0 aliphatic carbocycles. The van der Waals surface area contributed by atoms with Gasteiger partial charge in [0.1, 0.15) is 11.5 Å². The van der Waals surface area contributed by atoms with E-state index in [4.69, 9.17) is 5.73 Å². The van der Waals surface area contributed by atoms with Crippen LogP contribution >= 0.6 is 0 Å². The van der Waals surface area contributed by atoms with Crippen LogP contribution < -0.4 is 10.6 Å². The van der Waals surface area contributed by atoms with Crippen molar-refractivity contribution < 1.29 is 13.2 Å². The van der Waals surface area contributed by atoms with E-state index >= 15 is 0 Å². The van der Waals surface area contributed by atoms with Gasteiger partial charge >= 0.3 is 6.18 Å². The van der Waals surface area contributed by atoms with Gasteiger partial charge in [-0.3, -0.25) is 0 Å². The van der Waals surface area contributed by atoms with Crippen LogP contribution in [-0.2, 0) is 6.18 Å². The van der Waals surface area contributed by atoms with Crippen LogP contribution in [0.3, 0.4) is 0 Å². The summed E-state index contributed by atoms with van der Waals surface area (Å²) in [6.07, 6.45) is -4.42. The van der Waals surface area contributed by atoms with Crippen LogP contribution in [0.25, 0.3) is 0 Å². The average Bonchev–Trinajstić information content (AvgIpc) is 2.27. The standard InChI is InChI=1S/C12H18F3N3/c1-11(2,7-16)8-18(3)10-6-4-5-9(17-10)12(13,14)15/h4-6H,7-8,16H2,1-3H3. The summed E-state index contributed by atoms with van der Waals surface area (Å²) in [5, 5.41) is 0. The molecule has 0 bridgehead atoms. The number of nitrogens with two attached hydrogens (primary N) is 1. The third-order valence-corrected chi connectivity index (χ3v) is 2.63. The Balaban J connectivity index is 2.90. The quantitative estimate of drug-likeness (QED) is 0.905. The lowest BCUT2D eigenvalue weighted by Crippen LogP contribution is -2.37. The molecule has 0 spiro atoms. The summed E-state index contributed by atoms with van der Waals surface area (Å²) >= 11 is 0. The summed E-state index contributed by atoms with van der Waals surface area (Å²) in [6.45, 7) is 4.91. The minimum atomic E-state index is -4.42. The summed E-state index contributed by atoms with van der Waals surface area (Å²) in [4.78, 5) is 5.31. The predicted octanol–water partition coefficient (Wildman–Crippen LogP) is 2.52. The fourth-order valence-corrected chi connectivity index (χ4v) is 1.58. The van der Waals surface area contributed by atoms with Crippen molar-refractivity contribution in [3.8, 4) is 0 Å². The molecule has 1 rings (SSSR count). The lowest BCUT2D eigenvalue weighted by atomic mass is 9.93. The highest BCUT2D eigenvalue weighted by Crippen LogP contribution is 2.29. The van der Waals surface area contributed by atoms with Crippen LogP contribution in [0.2, 0.25) is 0 Å². The summed E-state index contributed by atoms with van der Waals surface area (Å²) in [5.74, 6) is 0.298. The van der Waals surface area contributed by atoms with Crippen LogP contribution in [-0.4, -0.2) is 25.1 Å². The monoisotopic (exact) mass is 261 g/mol. The van der Waals surface area contributed by atoms with Crippen molar-refractivity contribution in [2.45, 2.75) is 20.0 Å². The topological polar surface area (TPSA) is 42.1 Å². The second-order valence-corrected chi connectivity index (χ2v) is 5.10. The van der Waals surface area contributed by atoms with Gasteiger partial charge in [-0.05, 0) is 24.1 Å². The second-order valence-electron chi connectivity index (χ2n) is 5.10. The Hall–Kier alpha value is -1.30. The Morgan fingerprint density at radius 1 is 1.28 bits per heavy atom. The molecule has 0 unspecified atom stereocenters. The summed E-state index contributed by atoms with van der Waals surface area (Å²) in [5.41, 5.74) is 4.55. The highest BCUT2D eigenvalue weighted by molar-refractivity contribution is 5.39. The lowest BCUT2D eigenvalue weighted by molar-refractivity contribution is -0.141. The minimum Gasteiger partial charge on any atom is -0.359 e. The van der Waals surface area contributed by atoms with Crippen molar-refractivity contribution in [2.24, 2.45) is 11.1 Å². The minimum absolute atomic E-state index is 0.176. The van der Waals surface area contributed by atoms with Gasteiger partial charge in [0.2, 0.25) is 0 Å². The largest absolute Gasteiger partial charge is 0.433 e. The van der Waals surface area contributed by atoms with E-state index in [0.29, 0.717) is 18.9 Å². The molecular formula is C12H18F3N3. The maximum Gasteiger partial charge on any atom is 0.433 e. The first-order valence-corrected chi connectivity index (χ1v) is 5.61. The average molecular weight is 261 g/mol. The van der Waals surface area contributed by atoms with Crippen LogP contribution in [0, 0.1) is 5.41 Å². The molecule has 1 heterocycles. The van der Waals surface area contributed by atoms with E-state index in [0.717, 1.165) is 6.07 Å². The SMILES string of the molecule is CN(CC(C)(C)CN)c1cccc(C(F)(F)F)n1. The molecule has 0 atom stereocenters. The van der Waals surface area contributed by atoms with Crippen molar-refractivity contribution >= 4 is 5.82 Å². The van der Waals surface area contributed by atoms with Gasteiger partial charge in [-0.15, -0.1) is 0 Å². The zero-order valence-electron chi connectivity index (χ0n) is 10.8. The molecule has 2 N–H and O–H groups in total. The Morgan fingerprint density at radius 3 is 2.39 bits per heavy atom. The third-order valence-electron chi connectivity index (χ3n) is 2.63. The highest BCUT2D eigenvalue weighted by Gasteiger charge is 2.32. The Labute approximate surface area is 105 Å². The molecule has 0 radical (unpaired) electrons. The Morgan fingerprint density at radius 2 is 1.89 bits per heavy atom. The molecule has 3 nitrogen and oxygen atoms in total. The van der Waals surface area contributed by atoms with Crippen LogP contribution in [0.4, 0.5) is 19.0 Å². The van der Waals surface area contributed by atoms with Gasteiger partial charge in [-0.1, -0.05) is 19.9 Å². The van der Waals surface area contributed by atoms with E-state index in [-0.39, 0.29) is 5.41 Å². The number of anilines is 1. The smallest absolute Gasteiger partial charge is 0.359 e. The molecular weight excluding hydrogens is 243 g/mol. The van der Waals surface area contributed by atoms with Gasteiger partial charge < -0.3 is 10.6 Å². The van der Waals surface area contributed by atoms with Crippen LogP contribution in [0.5, 0.6) is 0 Å². The molecule has 0 aromatic carbocycles. The zero-order chi connectivity index (χ0) is 14.0. The van der Waals surface area contributed by atoms with Crippen molar-refractivity contribution in [3.63, 3.8) is 0 Å². The predicted molar refractivity (Wildman–Crippen MR) is 65.3 cm³/mol. The fraction of sp³-hybridized carbons (Fsp3) is 0.583. The molecule has 0 fully saturated rings. The first-order chi connectivity index (χ1) is 8.15. The summed E-state index contributed by atoms with van der Waals surface area (Å²) in [7, 11) is 1.71. The summed E-state index contributed by atoms with van der Waals surface area (Å²) < 4.78 is 37.6. The van der Waals surface area contributed by atoms with Crippen molar-refractivity contribution in [1.29, 1.82) is 0 Å². The number of hydrogen-bond donors (Lipinski definition) is 1. The van der Waals surface area contributed by atoms with E-state index in [9.17, 15) is 13.2 Å². The van der Waals surface area contributed by atoms with Gasteiger partial charge in [0, 0.05) is 13.6 Å². The van der Waals surface area contributed by atoms with E-state index in [2.05, 4.69) is 4.98 Å². The Kier molecular flexibility index (Phi) is 4.21. The van der Waals surface area contributed by atoms with E-state index in [1.165, 1.54) is 6.07 Å². The molecule has 0 aliphatic heterocycles. The second kappa shape index (κ2) is 5.14. The molecule has 102 valence electrons. The molecule has 6 heteroatoms. The van der Waals surface area contributed by atoms with Crippen LogP contribution in [0.15, 0.2) is 18.2 Å². The van der Waals surface area contributed by atoms with Crippen molar-refractivity contribution in [3.05, 3.63) is 23.9 Å². The molecule has 0 saturated heterocycles. The van der Waals surface area contributed by atoms with Crippen molar-refractivity contribution in [1.82, 2.24) is 4.98 Å². The van der Waals surface area contributed by atoms with Crippen molar-refractivity contribution in [2.75, 3.05) is 25.0 Å². The first-order valence-electron chi connectivity index (χ1n) is 5.61. The van der Waals surface area contributed by atoms with Gasteiger partial charge in [0.25, 0.3) is 0 Å². The molecule has 1 aromatic rings. The lowest BCUT2D eigenvalue weighted by Gasteiger charge is -2.29. The van der Waals surface area contributed by atoms with E-state index < -0.39 is 11.9 Å². The third kappa shape index (κ3) is 3.87. The molecule has 1 aromatic heterocycles. The van der Waals surface area contributed by atoms with Gasteiger partial charge in [0.15, 0.2) is 0 Å². The maximum absolute atomic E-state index is 12.5. The first kappa shape index (κ1) is 14.8. The molecule has 0 aliphatic rings. The molecule has 0 amide bonds. The number of rotatable bonds is 4. The van der Waals surface area contributed by atoms with Gasteiger partial charge in [-0.2, -0.15) is 13.2 Å². The molecule has 18 heavy (non-hydrogen) atoms. The molecule has 0 saturated carbocycles. The van der Waals surface area contributed by atoms with Gasteiger partial charge in [-0.25, -0.2) is 4.98 Å². The highest BCUT2D eigenvalue weighted by atomic mass is 19.4. The summed E-state index contributed by atoms with van der Waals surface area (Å²) in [6, 6.07) is 3.88. The normalized spacial score (nSPS) is 12.6. The number of halogens is 3. The number of pyridine rings is 1. The van der Waals surface area contributed by atoms with E-state index in [1.54, 1.807) is 18.0 Å². The van der Waals surface area contributed by atoms with Gasteiger partial charge in [0.05, 0.1) is 0 Å². The number of nitrogens with zero attached hydrogens (tertiary/aromatic N) is 2. The Bertz CT molecular complexity index is 402. The number of aromatic nitrogens is 1. The zero-order valence-corrected chi connectivity index (χ0v) is 10.8. The maximum atomic E-state index is 12.5. The number of hydrogen-bond acceptors (Lipinski definition) is 3. The van der Waals surface area contributed by atoms with Crippen LogP contribution in [0.1, 0.15) is 19.5 Å². The van der Waals surface area contributed by atoms with E-state index in [1.807, 2.05) is 13.8 Å². The number of alkyl halides is 3. The fourth-order valence-electron chi connectivity index (χ4n) is 1.58.